The Labute approximate surface area is 143 Å². The molecule has 0 fully saturated rings. The van der Waals surface area contributed by atoms with Crippen molar-refractivity contribution in [2.24, 2.45) is 0 Å². The second-order valence-electron chi connectivity index (χ2n) is 6.07. The minimum atomic E-state index is -0.259. The monoisotopic (exact) mass is 335 g/mol. The second kappa shape index (κ2) is 6.24. The quantitative estimate of drug-likeness (QED) is 0.768. The maximum Gasteiger partial charge on any atom is 0.278 e. The molecule has 0 spiro atoms. The number of nitrogens with zero attached hydrogens (tertiary/aromatic N) is 3. The van der Waals surface area contributed by atoms with Crippen molar-refractivity contribution in [3.63, 3.8) is 0 Å². The number of hydrogen-bond acceptors (Lipinski definition) is 4. The van der Waals surface area contributed by atoms with Gasteiger partial charge in [0.15, 0.2) is 5.65 Å². The minimum Gasteiger partial charge on any atom is -0.338 e. The lowest BCUT2D eigenvalue weighted by Gasteiger charge is -2.14. The van der Waals surface area contributed by atoms with Gasteiger partial charge in [0.05, 0.1) is 11.9 Å². The van der Waals surface area contributed by atoms with Gasteiger partial charge in [0.25, 0.3) is 5.56 Å². The van der Waals surface area contributed by atoms with E-state index in [-0.39, 0.29) is 17.4 Å². The Hall–Kier alpha value is -3.40. The molecule has 0 bridgehead atoms. The van der Waals surface area contributed by atoms with E-state index in [0.29, 0.717) is 28.2 Å². The highest BCUT2D eigenvalue weighted by atomic mass is 16.1. The first-order valence-electron chi connectivity index (χ1n) is 7.84. The fourth-order valence-electron chi connectivity index (χ4n) is 2.83. The van der Waals surface area contributed by atoms with E-state index < -0.39 is 0 Å². The molecular weight excluding hydrogens is 318 g/mol. The largest absolute Gasteiger partial charge is 0.338 e. The van der Waals surface area contributed by atoms with Gasteiger partial charge in [0.1, 0.15) is 11.6 Å². The van der Waals surface area contributed by atoms with Crippen LogP contribution in [-0.4, -0.2) is 20.5 Å². The molecule has 0 saturated heterocycles. The van der Waals surface area contributed by atoms with E-state index in [0.717, 1.165) is 5.56 Å². The Morgan fingerprint density at radius 1 is 1.40 bits per heavy atom. The number of amides is 1. The van der Waals surface area contributed by atoms with Crippen LogP contribution in [0.2, 0.25) is 0 Å². The molecule has 126 valence electrons. The summed E-state index contributed by atoms with van der Waals surface area (Å²) in [5.74, 6) is -0.227. The molecule has 7 heteroatoms. The summed E-state index contributed by atoms with van der Waals surface area (Å²) >= 11 is 0. The molecule has 1 aromatic carbocycles. The predicted octanol–water partition coefficient (Wildman–Crippen LogP) is 2.64. The first-order valence-corrected chi connectivity index (χ1v) is 7.84. The van der Waals surface area contributed by atoms with Crippen molar-refractivity contribution < 1.29 is 4.79 Å². The number of carbonyl (C=O) groups is 1. The SMILES string of the molecule is CC(=O)Nc1cccc(-c2[nH]c3c(C#N)cnn3c(=O)c2C(C)C)c1. The molecule has 2 N–H and O–H groups in total. The van der Waals surface area contributed by atoms with Crippen molar-refractivity contribution in [3.05, 3.63) is 51.9 Å². The average molecular weight is 335 g/mol. The highest BCUT2D eigenvalue weighted by molar-refractivity contribution is 5.89. The molecule has 0 aliphatic carbocycles. The molecule has 0 atom stereocenters. The van der Waals surface area contributed by atoms with Crippen LogP contribution < -0.4 is 10.9 Å². The van der Waals surface area contributed by atoms with Gasteiger partial charge in [-0.25, -0.2) is 0 Å². The van der Waals surface area contributed by atoms with Gasteiger partial charge in [0.2, 0.25) is 5.91 Å². The van der Waals surface area contributed by atoms with E-state index in [9.17, 15) is 14.9 Å². The van der Waals surface area contributed by atoms with Crippen molar-refractivity contribution >= 4 is 17.2 Å². The zero-order valence-corrected chi connectivity index (χ0v) is 14.1. The molecular formula is C18H17N5O2. The van der Waals surface area contributed by atoms with Crippen LogP contribution in [-0.2, 0) is 4.79 Å². The zero-order chi connectivity index (χ0) is 18.1. The van der Waals surface area contributed by atoms with E-state index in [1.54, 1.807) is 18.2 Å². The number of benzene rings is 1. The summed E-state index contributed by atoms with van der Waals surface area (Å²) in [6.07, 6.45) is 1.37. The first-order chi connectivity index (χ1) is 11.9. The topological polar surface area (TPSA) is 103 Å². The Morgan fingerprint density at radius 2 is 2.16 bits per heavy atom. The molecule has 1 amide bonds. The number of hydrogen-bond donors (Lipinski definition) is 2. The molecule has 7 nitrogen and oxygen atoms in total. The van der Waals surface area contributed by atoms with Crippen LogP contribution in [0.1, 0.15) is 37.8 Å². The van der Waals surface area contributed by atoms with Crippen molar-refractivity contribution in [2.45, 2.75) is 26.7 Å². The Balaban J connectivity index is 2.31. The molecule has 0 unspecified atom stereocenters. The fourth-order valence-corrected chi connectivity index (χ4v) is 2.83. The molecule has 3 aromatic rings. The molecule has 25 heavy (non-hydrogen) atoms. The summed E-state index contributed by atoms with van der Waals surface area (Å²) in [6.45, 7) is 5.28. The van der Waals surface area contributed by atoms with Crippen molar-refractivity contribution in [2.75, 3.05) is 5.32 Å². The number of fused-ring (bicyclic) bond motifs is 1. The first kappa shape index (κ1) is 16.5. The van der Waals surface area contributed by atoms with Gasteiger partial charge in [-0.2, -0.15) is 14.9 Å². The van der Waals surface area contributed by atoms with Crippen LogP contribution in [0.25, 0.3) is 16.9 Å². The van der Waals surface area contributed by atoms with E-state index in [2.05, 4.69) is 15.4 Å². The van der Waals surface area contributed by atoms with E-state index in [4.69, 9.17) is 0 Å². The summed E-state index contributed by atoms with van der Waals surface area (Å²) in [6, 6.07) is 9.24. The Morgan fingerprint density at radius 3 is 2.80 bits per heavy atom. The second-order valence-corrected chi connectivity index (χ2v) is 6.07. The molecule has 0 aliphatic heterocycles. The summed E-state index contributed by atoms with van der Waals surface area (Å²) in [5.41, 5.74) is 2.97. The maximum absolute atomic E-state index is 12.9. The van der Waals surface area contributed by atoms with E-state index in [1.165, 1.54) is 17.6 Å². The molecule has 2 heterocycles. The van der Waals surface area contributed by atoms with Crippen molar-refractivity contribution in [1.29, 1.82) is 5.26 Å². The molecule has 0 saturated carbocycles. The van der Waals surface area contributed by atoms with Crippen molar-refractivity contribution in [3.8, 4) is 17.3 Å². The van der Waals surface area contributed by atoms with Gasteiger partial charge in [-0.3, -0.25) is 9.59 Å². The standard InChI is InChI=1S/C18H17N5O2/c1-10(2)15-16(12-5-4-6-14(7-12)21-11(3)24)22-17-13(8-19)9-20-23(17)18(15)25/h4-7,9-10,22H,1-3H3,(H,21,24). The Bertz CT molecular complexity index is 1070. The van der Waals surface area contributed by atoms with Gasteiger partial charge in [-0.1, -0.05) is 26.0 Å². The lowest BCUT2D eigenvalue weighted by molar-refractivity contribution is -0.114. The predicted molar refractivity (Wildman–Crippen MR) is 94.4 cm³/mol. The number of nitriles is 1. The smallest absolute Gasteiger partial charge is 0.278 e. The highest BCUT2D eigenvalue weighted by Crippen LogP contribution is 2.28. The van der Waals surface area contributed by atoms with Crippen LogP contribution in [0, 0.1) is 11.3 Å². The third kappa shape index (κ3) is 2.90. The van der Waals surface area contributed by atoms with Gasteiger partial charge >= 0.3 is 0 Å². The van der Waals surface area contributed by atoms with Crippen LogP contribution in [0.5, 0.6) is 0 Å². The Kier molecular flexibility index (Phi) is 4.11. The van der Waals surface area contributed by atoms with Crippen LogP contribution in [0.4, 0.5) is 5.69 Å². The molecule has 0 aliphatic rings. The van der Waals surface area contributed by atoms with Gasteiger partial charge in [-0.05, 0) is 18.1 Å². The van der Waals surface area contributed by atoms with Crippen molar-refractivity contribution in [1.82, 2.24) is 14.6 Å². The summed E-state index contributed by atoms with van der Waals surface area (Å²) in [7, 11) is 0. The lowest BCUT2D eigenvalue weighted by atomic mass is 9.98. The van der Waals surface area contributed by atoms with E-state index >= 15 is 0 Å². The minimum absolute atomic E-state index is 0.0534. The maximum atomic E-state index is 12.9. The van der Waals surface area contributed by atoms with Gasteiger partial charge in [-0.15, -0.1) is 0 Å². The van der Waals surface area contributed by atoms with Gasteiger partial charge < -0.3 is 10.3 Å². The highest BCUT2D eigenvalue weighted by Gasteiger charge is 2.19. The van der Waals surface area contributed by atoms with Gasteiger partial charge in [0, 0.05) is 23.7 Å². The van der Waals surface area contributed by atoms with Crippen LogP contribution in [0.15, 0.2) is 35.3 Å². The number of aromatic nitrogens is 3. The van der Waals surface area contributed by atoms with Crippen LogP contribution in [0.3, 0.4) is 0 Å². The lowest BCUT2D eigenvalue weighted by Crippen LogP contribution is -2.22. The molecule has 3 rings (SSSR count). The third-order valence-corrected chi connectivity index (χ3v) is 3.87. The molecule has 0 radical (unpaired) electrons. The summed E-state index contributed by atoms with van der Waals surface area (Å²) < 4.78 is 1.22. The summed E-state index contributed by atoms with van der Waals surface area (Å²) in [4.78, 5) is 27.3. The number of rotatable bonds is 3. The number of carbonyl (C=O) groups excluding carboxylic acids is 1. The van der Waals surface area contributed by atoms with Crippen LogP contribution >= 0.6 is 0 Å². The number of aromatic amines is 1. The normalized spacial score (nSPS) is 10.8. The molecule has 2 aromatic heterocycles. The van der Waals surface area contributed by atoms with E-state index in [1.807, 2.05) is 26.0 Å². The number of nitrogens with one attached hydrogen (secondary N) is 2. The number of anilines is 1. The summed E-state index contributed by atoms with van der Waals surface area (Å²) in [5, 5.41) is 16.0. The average Bonchev–Trinajstić information content (AvgIpc) is 2.97. The fraction of sp³-hybridized carbons (Fsp3) is 0.222. The number of H-pyrrole nitrogens is 1. The third-order valence-electron chi connectivity index (χ3n) is 3.87. The zero-order valence-electron chi connectivity index (χ0n) is 14.1.